The van der Waals surface area contributed by atoms with Gasteiger partial charge in [-0.1, -0.05) is 6.07 Å². The first-order chi connectivity index (χ1) is 11.6. The average molecular weight is 326 g/mol. The van der Waals surface area contributed by atoms with E-state index in [0.717, 1.165) is 25.8 Å². The fourth-order valence-electron chi connectivity index (χ4n) is 3.16. The molecule has 6 heteroatoms. The molecule has 1 aliphatic rings. The average Bonchev–Trinajstić information content (AvgIpc) is 2.59. The molecule has 2 aromatic heterocycles. The number of nitrogens with one attached hydrogen (secondary N) is 1. The molecule has 6 nitrogen and oxygen atoms in total. The van der Waals surface area contributed by atoms with Crippen molar-refractivity contribution in [2.45, 2.75) is 45.6 Å². The Hall–Kier alpha value is -2.50. The van der Waals surface area contributed by atoms with Gasteiger partial charge in [0.1, 0.15) is 5.69 Å². The normalized spacial score (nSPS) is 17.8. The highest BCUT2D eigenvalue weighted by molar-refractivity contribution is 5.79. The molecule has 1 N–H and O–H groups in total. The number of hydrogen-bond acceptors (Lipinski definition) is 4. The van der Waals surface area contributed by atoms with Crippen molar-refractivity contribution in [2.75, 3.05) is 6.54 Å². The minimum atomic E-state index is -0.263. The van der Waals surface area contributed by atoms with Crippen molar-refractivity contribution in [3.63, 3.8) is 0 Å². The lowest BCUT2D eigenvalue weighted by Crippen LogP contribution is -2.43. The number of aromatic amines is 1. The molecule has 2 aromatic rings. The van der Waals surface area contributed by atoms with Crippen LogP contribution in [0.15, 0.2) is 29.2 Å². The van der Waals surface area contributed by atoms with Gasteiger partial charge < -0.3 is 9.88 Å². The molecule has 24 heavy (non-hydrogen) atoms. The maximum atomic E-state index is 12.6. The van der Waals surface area contributed by atoms with E-state index in [4.69, 9.17) is 0 Å². The summed E-state index contributed by atoms with van der Waals surface area (Å²) in [6.45, 7) is 4.61. The number of carbonyl (C=O) groups excluding carboxylic acids is 1. The van der Waals surface area contributed by atoms with E-state index in [1.807, 2.05) is 11.0 Å². The summed E-state index contributed by atoms with van der Waals surface area (Å²) in [5, 5.41) is 0. The van der Waals surface area contributed by atoms with Crippen LogP contribution in [0.25, 0.3) is 11.5 Å². The number of hydrogen-bond donors (Lipinski definition) is 1. The quantitative estimate of drug-likeness (QED) is 0.936. The van der Waals surface area contributed by atoms with Crippen molar-refractivity contribution in [1.82, 2.24) is 19.9 Å². The highest BCUT2D eigenvalue weighted by Gasteiger charge is 2.24. The second kappa shape index (κ2) is 6.95. The van der Waals surface area contributed by atoms with Crippen LogP contribution in [0.5, 0.6) is 0 Å². The van der Waals surface area contributed by atoms with Crippen LogP contribution < -0.4 is 5.56 Å². The van der Waals surface area contributed by atoms with Gasteiger partial charge >= 0.3 is 0 Å². The van der Waals surface area contributed by atoms with Crippen LogP contribution in [-0.2, 0) is 11.2 Å². The van der Waals surface area contributed by atoms with Gasteiger partial charge in [0, 0.05) is 30.0 Å². The molecule has 1 fully saturated rings. The number of amides is 1. The maximum absolute atomic E-state index is 12.6. The molecule has 1 atom stereocenters. The zero-order chi connectivity index (χ0) is 17.1. The summed E-state index contributed by atoms with van der Waals surface area (Å²) in [4.78, 5) is 38.3. The van der Waals surface area contributed by atoms with Crippen molar-refractivity contribution in [1.29, 1.82) is 0 Å². The Balaban J connectivity index is 1.84. The fourth-order valence-corrected chi connectivity index (χ4v) is 3.16. The van der Waals surface area contributed by atoms with Crippen molar-refractivity contribution in [3.8, 4) is 11.5 Å². The first kappa shape index (κ1) is 16.4. The summed E-state index contributed by atoms with van der Waals surface area (Å²) in [5.41, 5.74) is 1.37. The van der Waals surface area contributed by atoms with Gasteiger partial charge in [0.15, 0.2) is 5.82 Å². The van der Waals surface area contributed by atoms with E-state index in [1.165, 1.54) is 0 Å². The molecule has 0 aliphatic carbocycles. The zero-order valence-corrected chi connectivity index (χ0v) is 14.1. The van der Waals surface area contributed by atoms with Crippen molar-refractivity contribution >= 4 is 5.91 Å². The molecule has 0 radical (unpaired) electrons. The van der Waals surface area contributed by atoms with Crippen LogP contribution in [0, 0.1) is 6.92 Å². The van der Waals surface area contributed by atoms with Gasteiger partial charge in [0.2, 0.25) is 5.91 Å². The Kier molecular flexibility index (Phi) is 4.74. The van der Waals surface area contributed by atoms with Gasteiger partial charge in [-0.15, -0.1) is 0 Å². The van der Waals surface area contributed by atoms with E-state index in [2.05, 4.69) is 21.9 Å². The second-order valence-electron chi connectivity index (χ2n) is 6.30. The predicted molar refractivity (Wildman–Crippen MR) is 91.6 cm³/mol. The Bertz CT molecular complexity index is 785. The summed E-state index contributed by atoms with van der Waals surface area (Å²) < 4.78 is 0. The van der Waals surface area contributed by atoms with Crippen LogP contribution in [0.4, 0.5) is 0 Å². The maximum Gasteiger partial charge on any atom is 0.255 e. The molecule has 0 aromatic carbocycles. The Morgan fingerprint density at radius 3 is 2.88 bits per heavy atom. The SMILES string of the molecule is Cc1nc(-c2ccccn2)[nH]c(=O)c1CC(=O)N1CCCC[C@@H]1C. The molecule has 0 bridgehead atoms. The number of aromatic nitrogens is 3. The largest absolute Gasteiger partial charge is 0.340 e. The number of pyridine rings is 1. The number of H-pyrrole nitrogens is 1. The van der Waals surface area contributed by atoms with Gasteiger partial charge in [-0.25, -0.2) is 4.98 Å². The summed E-state index contributed by atoms with van der Waals surface area (Å²) in [5.74, 6) is 0.434. The zero-order valence-electron chi connectivity index (χ0n) is 14.1. The molecule has 1 aliphatic heterocycles. The molecular weight excluding hydrogens is 304 g/mol. The number of rotatable bonds is 3. The van der Waals surface area contributed by atoms with Crippen LogP contribution in [0.1, 0.15) is 37.4 Å². The van der Waals surface area contributed by atoms with Crippen molar-refractivity contribution in [3.05, 3.63) is 46.0 Å². The topological polar surface area (TPSA) is 79.0 Å². The molecule has 3 heterocycles. The Morgan fingerprint density at radius 2 is 2.21 bits per heavy atom. The van der Waals surface area contributed by atoms with Gasteiger partial charge in [0.05, 0.1) is 6.42 Å². The highest BCUT2D eigenvalue weighted by Crippen LogP contribution is 2.18. The van der Waals surface area contributed by atoms with Crippen molar-refractivity contribution in [2.24, 2.45) is 0 Å². The van der Waals surface area contributed by atoms with Gasteiger partial charge in [-0.2, -0.15) is 0 Å². The molecule has 1 saturated heterocycles. The molecule has 126 valence electrons. The van der Waals surface area contributed by atoms with Gasteiger partial charge in [-0.3, -0.25) is 14.6 Å². The molecule has 3 rings (SSSR count). The standard InChI is InChI=1S/C18H22N4O2/c1-12-7-4-6-10-22(12)16(23)11-14-13(2)20-17(21-18(14)24)15-8-3-5-9-19-15/h3,5,8-9,12H,4,6-7,10-11H2,1-2H3,(H,20,21,24)/t12-/m0/s1. The second-order valence-corrected chi connectivity index (χ2v) is 6.30. The number of likely N-dealkylation sites (tertiary alicyclic amines) is 1. The number of nitrogens with zero attached hydrogens (tertiary/aromatic N) is 3. The predicted octanol–water partition coefficient (Wildman–Crippen LogP) is 2.08. The molecule has 0 saturated carbocycles. The van der Waals surface area contributed by atoms with E-state index in [9.17, 15) is 9.59 Å². The molecule has 0 unspecified atom stereocenters. The van der Waals surface area contributed by atoms with Crippen molar-refractivity contribution < 1.29 is 4.79 Å². The highest BCUT2D eigenvalue weighted by atomic mass is 16.2. The van der Waals surface area contributed by atoms with E-state index in [-0.39, 0.29) is 23.9 Å². The van der Waals surface area contributed by atoms with E-state index in [0.29, 0.717) is 22.8 Å². The lowest BCUT2D eigenvalue weighted by Gasteiger charge is -2.33. The van der Waals surface area contributed by atoms with Crippen LogP contribution in [0.3, 0.4) is 0 Å². The van der Waals surface area contributed by atoms with E-state index < -0.39 is 0 Å². The van der Waals surface area contributed by atoms with E-state index >= 15 is 0 Å². The smallest absolute Gasteiger partial charge is 0.255 e. The van der Waals surface area contributed by atoms with E-state index in [1.54, 1.807) is 25.3 Å². The minimum absolute atomic E-state index is 0.00295. The molecule has 0 spiro atoms. The third-order valence-electron chi connectivity index (χ3n) is 4.58. The fraction of sp³-hybridized carbons (Fsp3) is 0.444. The lowest BCUT2D eigenvalue weighted by molar-refractivity contribution is -0.133. The Morgan fingerprint density at radius 1 is 1.38 bits per heavy atom. The minimum Gasteiger partial charge on any atom is -0.340 e. The molecule has 1 amide bonds. The first-order valence-corrected chi connectivity index (χ1v) is 8.37. The number of piperidine rings is 1. The summed E-state index contributed by atoms with van der Waals surface area (Å²) in [6, 6.07) is 5.68. The summed E-state index contributed by atoms with van der Waals surface area (Å²) >= 11 is 0. The number of carbonyl (C=O) groups is 1. The number of aryl methyl sites for hydroxylation is 1. The summed E-state index contributed by atoms with van der Waals surface area (Å²) in [7, 11) is 0. The van der Waals surface area contributed by atoms with Crippen LogP contribution in [0.2, 0.25) is 0 Å². The van der Waals surface area contributed by atoms with Crippen LogP contribution in [-0.4, -0.2) is 38.3 Å². The lowest BCUT2D eigenvalue weighted by atomic mass is 10.0. The van der Waals surface area contributed by atoms with Crippen LogP contribution >= 0.6 is 0 Å². The van der Waals surface area contributed by atoms with Gasteiger partial charge in [0.25, 0.3) is 5.56 Å². The Labute approximate surface area is 141 Å². The molecular formula is C18H22N4O2. The first-order valence-electron chi connectivity index (χ1n) is 8.37. The third-order valence-corrected chi connectivity index (χ3v) is 4.58. The third kappa shape index (κ3) is 3.37. The van der Waals surface area contributed by atoms with Gasteiger partial charge in [-0.05, 0) is 45.2 Å². The monoisotopic (exact) mass is 326 g/mol. The summed E-state index contributed by atoms with van der Waals surface area (Å²) in [6.07, 6.45) is 4.96.